The largest absolute Gasteiger partial charge is 0.309 e. The van der Waals surface area contributed by atoms with E-state index < -0.39 is 0 Å². The standard InChI is InChI=1S/C15H20N2S/c1-4-16-14(15-8-7-12(3)18-15)10-13-11(2)6-5-9-17-13/h5-9,14,16H,4,10H2,1-3H3. The second-order valence-corrected chi connectivity index (χ2v) is 5.85. The van der Waals surface area contributed by atoms with E-state index in [4.69, 9.17) is 0 Å². The van der Waals surface area contributed by atoms with Gasteiger partial charge < -0.3 is 5.32 Å². The number of pyridine rings is 1. The minimum atomic E-state index is 0.377. The fraction of sp³-hybridized carbons (Fsp3) is 0.400. The van der Waals surface area contributed by atoms with Crippen LogP contribution in [0.2, 0.25) is 0 Å². The maximum atomic E-state index is 4.50. The van der Waals surface area contributed by atoms with Crippen LogP contribution in [0.4, 0.5) is 0 Å². The van der Waals surface area contributed by atoms with E-state index in [1.807, 2.05) is 23.6 Å². The van der Waals surface area contributed by atoms with E-state index in [2.05, 4.69) is 49.3 Å². The second kappa shape index (κ2) is 6.12. The Bertz CT molecular complexity index is 505. The summed E-state index contributed by atoms with van der Waals surface area (Å²) in [6.45, 7) is 7.42. The van der Waals surface area contributed by atoms with Crippen LogP contribution in [0.15, 0.2) is 30.5 Å². The van der Waals surface area contributed by atoms with Gasteiger partial charge in [0.05, 0.1) is 0 Å². The van der Waals surface area contributed by atoms with Crippen molar-refractivity contribution in [3.63, 3.8) is 0 Å². The minimum absolute atomic E-state index is 0.377. The summed E-state index contributed by atoms with van der Waals surface area (Å²) in [4.78, 5) is 7.27. The van der Waals surface area contributed by atoms with Crippen LogP contribution in [-0.2, 0) is 6.42 Å². The van der Waals surface area contributed by atoms with E-state index in [-0.39, 0.29) is 0 Å². The minimum Gasteiger partial charge on any atom is -0.309 e. The summed E-state index contributed by atoms with van der Waals surface area (Å²) in [5.74, 6) is 0. The molecule has 2 rings (SSSR count). The Hall–Kier alpha value is -1.19. The third kappa shape index (κ3) is 3.18. The van der Waals surface area contributed by atoms with Crippen molar-refractivity contribution in [3.8, 4) is 0 Å². The van der Waals surface area contributed by atoms with Crippen LogP contribution in [-0.4, -0.2) is 11.5 Å². The van der Waals surface area contributed by atoms with Crippen LogP contribution >= 0.6 is 11.3 Å². The quantitative estimate of drug-likeness (QED) is 0.887. The summed E-state index contributed by atoms with van der Waals surface area (Å²) >= 11 is 1.87. The smallest absolute Gasteiger partial charge is 0.0470 e. The summed E-state index contributed by atoms with van der Waals surface area (Å²) in [5.41, 5.74) is 2.46. The van der Waals surface area contributed by atoms with E-state index in [1.165, 1.54) is 21.0 Å². The van der Waals surface area contributed by atoms with E-state index in [0.717, 1.165) is 13.0 Å². The number of likely N-dealkylation sites (N-methyl/N-ethyl adjacent to an activating group) is 1. The number of aryl methyl sites for hydroxylation is 2. The van der Waals surface area contributed by atoms with Crippen LogP contribution in [0.25, 0.3) is 0 Å². The summed E-state index contributed by atoms with van der Waals surface area (Å²) in [6.07, 6.45) is 2.84. The molecular weight excluding hydrogens is 240 g/mol. The van der Waals surface area contributed by atoms with Crippen molar-refractivity contribution in [2.24, 2.45) is 0 Å². The number of nitrogens with one attached hydrogen (secondary N) is 1. The first-order valence-corrected chi connectivity index (χ1v) is 7.22. The number of hydrogen-bond donors (Lipinski definition) is 1. The molecule has 0 aromatic carbocycles. The average molecular weight is 260 g/mol. The Morgan fingerprint density at radius 1 is 1.28 bits per heavy atom. The fourth-order valence-electron chi connectivity index (χ4n) is 2.09. The molecule has 1 unspecified atom stereocenters. The van der Waals surface area contributed by atoms with Gasteiger partial charge in [0, 0.05) is 34.1 Å². The van der Waals surface area contributed by atoms with Crippen LogP contribution in [0, 0.1) is 13.8 Å². The van der Waals surface area contributed by atoms with Gasteiger partial charge in [0.2, 0.25) is 0 Å². The number of hydrogen-bond acceptors (Lipinski definition) is 3. The zero-order valence-corrected chi connectivity index (χ0v) is 12.1. The normalized spacial score (nSPS) is 12.6. The topological polar surface area (TPSA) is 24.9 Å². The van der Waals surface area contributed by atoms with Crippen molar-refractivity contribution in [2.45, 2.75) is 33.2 Å². The molecule has 0 amide bonds. The molecular formula is C15H20N2S. The monoisotopic (exact) mass is 260 g/mol. The highest BCUT2D eigenvalue weighted by Gasteiger charge is 2.14. The van der Waals surface area contributed by atoms with E-state index in [0.29, 0.717) is 6.04 Å². The molecule has 0 bridgehead atoms. The Balaban J connectivity index is 2.19. The molecule has 0 aliphatic carbocycles. The van der Waals surface area contributed by atoms with Crippen molar-refractivity contribution in [1.82, 2.24) is 10.3 Å². The van der Waals surface area contributed by atoms with Gasteiger partial charge in [-0.2, -0.15) is 0 Å². The van der Waals surface area contributed by atoms with Crippen LogP contribution in [0.3, 0.4) is 0 Å². The lowest BCUT2D eigenvalue weighted by molar-refractivity contribution is 0.551. The van der Waals surface area contributed by atoms with E-state index in [9.17, 15) is 0 Å². The molecule has 1 N–H and O–H groups in total. The molecule has 0 saturated heterocycles. The number of aromatic nitrogens is 1. The number of rotatable bonds is 5. The predicted molar refractivity (Wildman–Crippen MR) is 78.2 cm³/mol. The molecule has 18 heavy (non-hydrogen) atoms. The summed E-state index contributed by atoms with van der Waals surface area (Å²) in [7, 11) is 0. The van der Waals surface area contributed by atoms with E-state index >= 15 is 0 Å². The summed E-state index contributed by atoms with van der Waals surface area (Å²) < 4.78 is 0. The Morgan fingerprint density at radius 2 is 2.11 bits per heavy atom. The highest BCUT2D eigenvalue weighted by atomic mass is 32.1. The van der Waals surface area contributed by atoms with Gasteiger partial charge in [-0.05, 0) is 44.2 Å². The molecule has 3 heteroatoms. The lowest BCUT2D eigenvalue weighted by Gasteiger charge is -2.17. The summed E-state index contributed by atoms with van der Waals surface area (Å²) in [5, 5.41) is 3.56. The first-order chi connectivity index (χ1) is 8.70. The van der Waals surface area contributed by atoms with Gasteiger partial charge in [-0.25, -0.2) is 0 Å². The molecule has 0 aliphatic heterocycles. The molecule has 2 aromatic heterocycles. The predicted octanol–water partition coefficient (Wildman–Crippen LogP) is 3.65. The maximum Gasteiger partial charge on any atom is 0.0470 e. The van der Waals surface area contributed by atoms with Gasteiger partial charge in [0.15, 0.2) is 0 Å². The fourth-order valence-corrected chi connectivity index (χ4v) is 3.04. The lowest BCUT2D eigenvalue weighted by atomic mass is 10.1. The zero-order chi connectivity index (χ0) is 13.0. The SMILES string of the molecule is CCNC(Cc1ncccc1C)c1ccc(C)s1. The van der Waals surface area contributed by atoms with Gasteiger partial charge in [0.25, 0.3) is 0 Å². The Kier molecular flexibility index (Phi) is 4.50. The first kappa shape index (κ1) is 13.2. The van der Waals surface area contributed by atoms with Crippen LogP contribution in [0.1, 0.15) is 34.0 Å². The van der Waals surface area contributed by atoms with Crippen molar-refractivity contribution >= 4 is 11.3 Å². The Labute approximate surface area is 113 Å². The molecule has 2 heterocycles. The zero-order valence-electron chi connectivity index (χ0n) is 11.2. The molecule has 0 aliphatic rings. The average Bonchev–Trinajstić information content (AvgIpc) is 2.78. The van der Waals surface area contributed by atoms with Gasteiger partial charge in [0.1, 0.15) is 0 Å². The summed E-state index contributed by atoms with van der Waals surface area (Å²) in [6, 6.07) is 8.92. The maximum absolute atomic E-state index is 4.50. The van der Waals surface area contributed by atoms with Crippen molar-refractivity contribution < 1.29 is 0 Å². The molecule has 1 atom stereocenters. The highest BCUT2D eigenvalue weighted by Crippen LogP contribution is 2.25. The molecule has 2 aromatic rings. The number of thiophene rings is 1. The molecule has 0 fully saturated rings. The third-order valence-corrected chi connectivity index (χ3v) is 4.18. The molecule has 0 radical (unpaired) electrons. The third-order valence-electron chi connectivity index (χ3n) is 3.07. The van der Waals surface area contributed by atoms with Crippen molar-refractivity contribution in [2.75, 3.05) is 6.54 Å². The molecule has 0 saturated carbocycles. The molecule has 96 valence electrons. The molecule has 0 spiro atoms. The second-order valence-electron chi connectivity index (χ2n) is 4.53. The van der Waals surface area contributed by atoms with Gasteiger partial charge in [-0.1, -0.05) is 13.0 Å². The van der Waals surface area contributed by atoms with Gasteiger partial charge in [-0.15, -0.1) is 11.3 Å². The van der Waals surface area contributed by atoms with Gasteiger partial charge >= 0.3 is 0 Å². The van der Waals surface area contributed by atoms with E-state index in [1.54, 1.807) is 0 Å². The van der Waals surface area contributed by atoms with Crippen LogP contribution < -0.4 is 5.32 Å². The number of nitrogens with zero attached hydrogens (tertiary/aromatic N) is 1. The van der Waals surface area contributed by atoms with Crippen LogP contribution in [0.5, 0.6) is 0 Å². The first-order valence-electron chi connectivity index (χ1n) is 6.41. The molecule has 2 nitrogen and oxygen atoms in total. The van der Waals surface area contributed by atoms with Crippen molar-refractivity contribution in [3.05, 3.63) is 51.5 Å². The van der Waals surface area contributed by atoms with Gasteiger partial charge in [-0.3, -0.25) is 4.98 Å². The Morgan fingerprint density at radius 3 is 2.72 bits per heavy atom. The van der Waals surface area contributed by atoms with Crippen molar-refractivity contribution in [1.29, 1.82) is 0 Å². The highest BCUT2D eigenvalue weighted by molar-refractivity contribution is 7.12. The lowest BCUT2D eigenvalue weighted by Crippen LogP contribution is -2.22.